The highest BCUT2D eigenvalue weighted by atomic mass is 79.9. The molecule has 0 spiro atoms. The van der Waals surface area contributed by atoms with Crippen LogP contribution < -0.4 is 5.32 Å². The second kappa shape index (κ2) is 7.47. The number of amides is 1. The van der Waals surface area contributed by atoms with Gasteiger partial charge in [0.2, 0.25) is 5.91 Å². The number of rotatable bonds is 4. The van der Waals surface area contributed by atoms with E-state index in [-0.39, 0.29) is 10.7 Å². The van der Waals surface area contributed by atoms with E-state index >= 15 is 0 Å². The van der Waals surface area contributed by atoms with E-state index < -0.39 is 0 Å². The number of halogens is 2. The molecule has 1 amide bonds. The summed E-state index contributed by atoms with van der Waals surface area (Å²) in [4.78, 5) is 16.2. The van der Waals surface area contributed by atoms with Crippen LogP contribution in [0.5, 0.6) is 0 Å². The van der Waals surface area contributed by atoms with Crippen molar-refractivity contribution in [2.75, 3.05) is 5.32 Å². The van der Waals surface area contributed by atoms with Crippen molar-refractivity contribution in [2.45, 2.75) is 11.8 Å². The summed E-state index contributed by atoms with van der Waals surface area (Å²) in [5.74, 6) is -0.0813. The number of carbonyl (C=O) groups excluding carboxylic acids is 1. The number of thiazole rings is 1. The molecule has 2 aromatic carbocycles. The molecular formula is C18H14BrClN2OS. The maximum absolute atomic E-state index is 11.8. The zero-order valence-corrected chi connectivity index (χ0v) is 16.0. The van der Waals surface area contributed by atoms with E-state index in [1.54, 1.807) is 18.3 Å². The molecule has 6 heteroatoms. The van der Waals surface area contributed by atoms with Crippen molar-refractivity contribution in [1.29, 1.82) is 0 Å². The topological polar surface area (TPSA) is 42.0 Å². The molecule has 1 heterocycles. The highest BCUT2D eigenvalue weighted by Gasteiger charge is 2.12. The first-order chi connectivity index (χ1) is 11.5. The van der Waals surface area contributed by atoms with Crippen LogP contribution in [0.3, 0.4) is 0 Å². The number of carbonyl (C=O) groups is 1. The molecule has 1 aromatic heterocycles. The molecule has 1 unspecified atom stereocenters. The Bertz CT molecular complexity index is 879. The number of benzene rings is 2. The zero-order valence-electron chi connectivity index (χ0n) is 12.8. The van der Waals surface area contributed by atoms with Gasteiger partial charge in [0.15, 0.2) is 0 Å². The van der Waals surface area contributed by atoms with E-state index in [1.165, 1.54) is 0 Å². The number of nitrogens with one attached hydrogen (secondary N) is 1. The van der Waals surface area contributed by atoms with Crippen LogP contribution in [-0.4, -0.2) is 15.7 Å². The van der Waals surface area contributed by atoms with Gasteiger partial charge in [-0.05, 0) is 25.1 Å². The summed E-state index contributed by atoms with van der Waals surface area (Å²) in [6.07, 6.45) is 0. The lowest BCUT2D eigenvalue weighted by molar-refractivity contribution is -0.115. The number of aromatic nitrogens is 1. The van der Waals surface area contributed by atoms with Crippen molar-refractivity contribution in [3.05, 3.63) is 58.9 Å². The lowest BCUT2D eigenvalue weighted by atomic mass is 10.1. The van der Waals surface area contributed by atoms with Crippen molar-refractivity contribution in [2.24, 2.45) is 0 Å². The summed E-state index contributed by atoms with van der Waals surface area (Å²) >= 11 is 11.0. The molecule has 3 aromatic rings. The van der Waals surface area contributed by atoms with Crippen molar-refractivity contribution in [3.8, 4) is 21.8 Å². The predicted molar refractivity (Wildman–Crippen MR) is 105 cm³/mol. The van der Waals surface area contributed by atoms with Crippen LogP contribution in [0, 0.1) is 0 Å². The first-order valence-electron chi connectivity index (χ1n) is 7.30. The van der Waals surface area contributed by atoms with Gasteiger partial charge >= 0.3 is 0 Å². The monoisotopic (exact) mass is 420 g/mol. The van der Waals surface area contributed by atoms with Crippen LogP contribution >= 0.6 is 38.9 Å². The molecule has 1 atom stereocenters. The molecule has 0 radical (unpaired) electrons. The summed E-state index contributed by atoms with van der Waals surface area (Å²) in [6.45, 7) is 1.79. The van der Waals surface area contributed by atoms with Gasteiger partial charge in [0.05, 0.1) is 15.5 Å². The summed E-state index contributed by atoms with van der Waals surface area (Å²) in [5, 5.41) is 6.42. The van der Waals surface area contributed by atoms with Crippen molar-refractivity contribution >= 4 is 50.5 Å². The lowest BCUT2D eigenvalue weighted by Gasteiger charge is -2.07. The molecule has 0 bridgehead atoms. The van der Waals surface area contributed by atoms with Gasteiger partial charge in [-0.25, -0.2) is 4.98 Å². The third-order valence-corrected chi connectivity index (χ3v) is 5.02. The summed E-state index contributed by atoms with van der Waals surface area (Å²) in [5.41, 5.74) is 3.48. The van der Waals surface area contributed by atoms with Gasteiger partial charge in [-0.2, -0.15) is 0 Å². The quantitative estimate of drug-likeness (QED) is 0.537. The normalized spacial score (nSPS) is 12.0. The van der Waals surface area contributed by atoms with E-state index in [2.05, 4.69) is 26.2 Å². The molecule has 0 saturated heterocycles. The Kier molecular flexibility index (Phi) is 5.33. The minimum Gasteiger partial charge on any atom is -0.325 e. The highest BCUT2D eigenvalue weighted by molar-refractivity contribution is 9.10. The minimum atomic E-state index is -0.243. The average Bonchev–Trinajstić information content (AvgIpc) is 3.05. The third kappa shape index (κ3) is 3.86. The molecule has 0 fully saturated rings. The second-order valence-corrected chi connectivity index (χ2v) is 7.84. The van der Waals surface area contributed by atoms with Crippen molar-refractivity contribution < 1.29 is 4.79 Å². The number of hydrogen-bond acceptors (Lipinski definition) is 3. The van der Waals surface area contributed by atoms with E-state index in [4.69, 9.17) is 11.6 Å². The van der Waals surface area contributed by atoms with Crippen LogP contribution in [0.2, 0.25) is 5.02 Å². The molecular weight excluding hydrogens is 408 g/mol. The summed E-state index contributed by atoms with van der Waals surface area (Å²) in [6, 6.07) is 15.3. The molecule has 24 heavy (non-hydrogen) atoms. The number of hydrogen-bond donors (Lipinski definition) is 1. The first kappa shape index (κ1) is 17.1. The average molecular weight is 422 g/mol. The molecule has 0 aliphatic heterocycles. The van der Waals surface area contributed by atoms with Crippen LogP contribution in [0.25, 0.3) is 21.8 Å². The number of nitrogens with zero attached hydrogens (tertiary/aromatic N) is 1. The SMILES string of the molecule is CC(Br)C(=O)Nc1cccc(-c2csc(-c3ccccc3Cl)n2)c1. The lowest BCUT2D eigenvalue weighted by Crippen LogP contribution is -2.19. The fraction of sp³-hybridized carbons (Fsp3) is 0.111. The van der Waals surface area contributed by atoms with Crippen molar-refractivity contribution in [1.82, 2.24) is 4.98 Å². The van der Waals surface area contributed by atoms with Gasteiger partial charge in [0.25, 0.3) is 0 Å². The van der Waals surface area contributed by atoms with E-state index in [1.807, 2.05) is 53.9 Å². The Morgan fingerprint density at radius 2 is 2.04 bits per heavy atom. The maximum atomic E-state index is 11.8. The Balaban J connectivity index is 1.88. The molecule has 0 aliphatic carbocycles. The molecule has 3 rings (SSSR count). The Labute approximate surface area is 157 Å². The zero-order chi connectivity index (χ0) is 17.1. The fourth-order valence-corrected chi connectivity index (χ4v) is 3.43. The van der Waals surface area contributed by atoms with Gasteiger partial charge in [-0.3, -0.25) is 4.79 Å². The van der Waals surface area contributed by atoms with Crippen LogP contribution in [0.1, 0.15) is 6.92 Å². The smallest absolute Gasteiger partial charge is 0.237 e. The largest absolute Gasteiger partial charge is 0.325 e. The third-order valence-electron chi connectivity index (χ3n) is 3.40. The minimum absolute atomic E-state index is 0.0813. The standard InChI is InChI=1S/C18H14BrClN2OS/c1-11(19)17(23)21-13-6-4-5-12(9-13)16-10-24-18(22-16)14-7-2-3-8-15(14)20/h2-11H,1H3,(H,21,23). The van der Waals surface area contributed by atoms with Gasteiger partial charge in [-0.1, -0.05) is 57.9 Å². The van der Waals surface area contributed by atoms with Crippen LogP contribution in [0.4, 0.5) is 5.69 Å². The van der Waals surface area contributed by atoms with Gasteiger partial charge < -0.3 is 5.32 Å². The Morgan fingerprint density at radius 3 is 2.79 bits per heavy atom. The van der Waals surface area contributed by atoms with Crippen LogP contribution in [-0.2, 0) is 4.79 Å². The number of anilines is 1. The van der Waals surface area contributed by atoms with Crippen molar-refractivity contribution in [3.63, 3.8) is 0 Å². The van der Waals surface area contributed by atoms with Crippen LogP contribution in [0.15, 0.2) is 53.9 Å². The van der Waals surface area contributed by atoms with E-state index in [0.717, 1.165) is 27.5 Å². The molecule has 1 N–H and O–H groups in total. The fourth-order valence-electron chi connectivity index (χ4n) is 2.16. The summed E-state index contributed by atoms with van der Waals surface area (Å²) < 4.78 is 0. The first-order valence-corrected chi connectivity index (χ1v) is 9.48. The maximum Gasteiger partial charge on any atom is 0.237 e. The Morgan fingerprint density at radius 1 is 1.25 bits per heavy atom. The van der Waals surface area contributed by atoms with E-state index in [9.17, 15) is 4.79 Å². The van der Waals surface area contributed by atoms with E-state index in [0.29, 0.717) is 5.02 Å². The highest BCUT2D eigenvalue weighted by Crippen LogP contribution is 2.33. The Hall–Kier alpha value is -1.69. The van der Waals surface area contributed by atoms with Gasteiger partial charge in [0.1, 0.15) is 5.01 Å². The van der Waals surface area contributed by atoms with Gasteiger partial charge in [0, 0.05) is 22.2 Å². The molecule has 3 nitrogen and oxygen atoms in total. The van der Waals surface area contributed by atoms with Gasteiger partial charge in [-0.15, -0.1) is 11.3 Å². The predicted octanol–water partition coefficient (Wildman–Crippen LogP) is 5.85. The molecule has 0 aliphatic rings. The molecule has 122 valence electrons. The summed E-state index contributed by atoms with van der Waals surface area (Å²) in [7, 11) is 0. The molecule has 0 saturated carbocycles. The second-order valence-electron chi connectivity index (χ2n) is 5.20. The number of alkyl halides is 1.